The molecule has 1 amide bonds. The zero-order chi connectivity index (χ0) is 17.6. The fourth-order valence-corrected chi connectivity index (χ4v) is 2.60. The van der Waals surface area contributed by atoms with E-state index in [2.05, 4.69) is 5.32 Å². The van der Waals surface area contributed by atoms with Gasteiger partial charge in [0.25, 0.3) is 5.91 Å². The van der Waals surface area contributed by atoms with Gasteiger partial charge in [-0.15, -0.1) is 0 Å². The Kier molecular flexibility index (Phi) is 5.26. The number of ether oxygens (including phenoxy) is 1. The van der Waals surface area contributed by atoms with Crippen molar-refractivity contribution >= 4 is 12.0 Å². The zero-order valence-electron chi connectivity index (χ0n) is 13.5. The molecule has 0 bridgehead atoms. The molecular weight excluding hydrogens is 323 g/mol. The van der Waals surface area contributed by atoms with Gasteiger partial charge in [-0.05, 0) is 49.2 Å². The Hall–Kier alpha value is -2.91. The first-order valence-corrected chi connectivity index (χ1v) is 8.03. The van der Waals surface area contributed by atoms with Gasteiger partial charge >= 0.3 is 0 Å². The van der Waals surface area contributed by atoms with Crippen molar-refractivity contribution in [3.8, 4) is 17.4 Å². The second-order valence-corrected chi connectivity index (χ2v) is 5.72. The number of rotatable bonds is 5. The van der Waals surface area contributed by atoms with E-state index in [9.17, 15) is 14.4 Å². The van der Waals surface area contributed by atoms with E-state index in [0.29, 0.717) is 30.2 Å². The van der Waals surface area contributed by atoms with Crippen LogP contribution in [0.1, 0.15) is 18.6 Å². The van der Waals surface area contributed by atoms with Gasteiger partial charge in [0.05, 0.1) is 6.10 Å². The third kappa shape index (κ3) is 4.34. The van der Waals surface area contributed by atoms with Crippen LogP contribution in [0.2, 0.25) is 0 Å². The number of furan rings is 1. The summed E-state index contributed by atoms with van der Waals surface area (Å²) in [5.41, 5.74) is 0.667. The summed E-state index contributed by atoms with van der Waals surface area (Å²) in [5, 5.41) is 11.9. The number of hydrogen-bond acceptors (Lipinski definition) is 4. The molecule has 25 heavy (non-hydrogen) atoms. The van der Waals surface area contributed by atoms with E-state index in [1.54, 1.807) is 24.3 Å². The second kappa shape index (κ2) is 7.77. The van der Waals surface area contributed by atoms with Gasteiger partial charge in [-0.2, -0.15) is 5.26 Å². The number of halogens is 1. The predicted molar refractivity (Wildman–Crippen MR) is 89.7 cm³/mol. The molecule has 5 nitrogen and oxygen atoms in total. The molecule has 0 radical (unpaired) electrons. The first-order chi connectivity index (χ1) is 12.2. The van der Waals surface area contributed by atoms with Gasteiger partial charge in [-0.3, -0.25) is 4.79 Å². The van der Waals surface area contributed by atoms with Crippen molar-refractivity contribution < 1.29 is 18.3 Å². The van der Waals surface area contributed by atoms with Crippen LogP contribution in [0.5, 0.6) is 0 Å². The lowest BCUT2D eigenvalue weighted by atomic mass is 10.2. The van der Waals surface area contributed by atoms with E-state index in [0.717, 1.165) is 12.8 Å². The molecule has 128 valence electrons. The fraction of sp³-hybridized carbons (Fsp3) is 0.263. The quantitative estimate of drug-likeness (QED) is 0.669. The molecule has 0 spiro atoms. The molecule has 0 saturated carbocycles. The van der Waals surface area contributed by atoms with E-state index in [-0.39, 0.29) is 17.5 Å². The third-order valence-corrected chi connectivity index (χ3v) is 3.92. The summed E-state index contributed by atoms with van der Waals surface area (Å²) >= 11 is 0. The van der Waals surface area contributed by atoms with Gasteiger partial charge in [0.1, 0.15) is 29.0 Å². The van der Waals surface area contributed by atoms with Gasteiger partial charge in [0.2, 0.25) is 0 Å². The number of nitrogens with one attached hydrogen (secondary N) is 1. The number of carbonyl (C=O) groups excluding carboxylic acids is 1. The van der Waals surface area contributed by atoms with E-state index in [1.807, 2.05) is 6.07 Å². The molecule has 1 aromatic heterocycles. The largest absolute Gasteiger partial charge is 0.457 e. The van der Waals surface area contributed by atoms with Crippen LogP contribution in [0, 0.1) is 17.1 Å². The maximum absolute atomic E-state index is 13.0. The Labute approximate surface area is 144 Å². The van der Waals surface area contributed by atoms with Gasteiger partial charge in [-0.1, -0.05) is 0 Å². The van der Waals surface area contributed by atoms with Gasteiger partial charge in [-0.25, -0.2) is 4.39 Å². The number of amides is 1. The molecule has 3 rings (SSSR count). The molecule has 1 saturated heterocycles. The number of nitrogens with zero attached hydrogens (tertiary/aromatic N) is 1. The highest BCUT2D eigenvalue weighted by molar-refractivity contribution is 6.01. The van der Waals surface area contributed by atoms with Crippen molar-refractivity contribution in [3.05, 3.63) is 53.5 Å². The van der Waals surface area contributed by atoms with Crippen LogP contribution >= 0.6 is 0 Å². The molecule has 1 N–H and O–H groups in total. The molecule has 0 aliphatic carbocycles. The van der Waals surface area contributed by atoms with Crippen LogP contribution in [0.25, 0.3) is 17.4 Å². The monoisotopic (exact) mass is 340 g/mol. The third-order valence-electron chi connectivity index (χ3n) is 3.92. The molecule has 1 atom stereocenters. The van der Waals surface area contributed by atoms with Gasteiger partial charge < -0.3 is 14.5 Å². The lowest BCUT2D eigenvalue weighted by Gasteiger charge is -2.09. The highest BCUT2D eigenvalue weighted by Crippen LogP contribution is 2.23. The standard InChI is InChI=1S/C19H17FN2O3/c20-15-5-3-13(4-6-15)18-8-7-16(25-18)10-14(11-21)19(23)22-12-17-2-1-9-24-17/h3-8,10,17H,1-2,9,12H2,(H,22,23)/b14-10+/t17-/m0/s1. The Balaban J connectivity index is 1.68. The molecule has 2 aromatic rings. The Morgan fingerprint density at radius 3 is 2.80 bits per heavy atom. The molecule has 1 aliphatic heterocycles. The van der Waals surface area contributed by atoms with Crippen molar-refractivity contribution in [1.29, 1.82) is 5.26 Å². The Morgan fingerprint density at radius 1 is 1.32 bits per heavy atom. The highest BCUT2D eigenvalue weighted by Gasteiger charge is 2.18. The van der Waals surface area contributed by atoms with Gasteiger partial charge in [0.15, 0.2) is 0 Å². The number of nitriles is 1. The first-order valence-electron chi connectivity index (χ1n) is 8.03. The Morgan fingerprint density at radius 2 is 2.12 bits per heavy atom. The minimum atomic E-state index is -0.460. The van der Waals surface area contributed by atoms with Crippen LogP contribution in [0.15, 0.2) is 46.4 Å². The summed E-state index contributed by atoms with van der Waals surface area (Å²) in [6, 6.07) is 11.1. The topological polar surface area (TPSA) is 75.3 Å². The molecular formula is C19H17FN2O3. The van der Waals surface area contributed by atoms with Crippen molar-refractivity contribution in [2.24, 2.45) is 0 Å². The number of hydrogen-bond donors (Lipinski definition) is 1. The van der Waals surface area contributed by atoms with Crippen LogP contribution in [-0.4, -0.2) is 25.2 Å². The summed E-state index contributed by atoms with van der Waals surface area (Å²) in [5.74, 6) is 0.120. The maximum atomic E-state index is 13.0. The summed E-state index contributed by atoms with van der Waals surface area (Å²) in [6.45, 7) is 1.09. The normalized spacial score (nSPS) is 17.3. The lowest BCUT2D eigenvalue weighted by Crippen LogP contribution is -2.32. The predicted octanol–water partition coefficient (Wildman–Crippen LogP) is 3.29. The van der Waals surface area contributed by atoms with Crippen molar-refractivity contribution in [1.82, 2.24) is 5.32 Å². The van der Waals surface area contributed by atoms with Crippen molar-refractivity contribution in [2.45, 2.75) is 18.9 Å². The fourth-order valence-electron chi connectivity index (χ4n) is 2.60. The van der Waals surface area contributed by atoms with Crippen LogP contribution in [-0.2, 0) is 9.53 Å². The summed E-state index contributed by atoms with van der Waals surface area (Å²) in [6.07, 6.45) is 3.29. The molecule has 1 fully saturated rings. The number of benzene rings is 1. The zero-order valence-corrected chi connectivity index (χ0v) is 13.5. The molecule has 0 unspecified atom stereocenters. The van der Waals surface area contributed by atoms with Crippen LogP contribution < -0.4 is 5.32 Å². The van der Waals surface area contributed by atoms with E-state index in [4.69, 9.17) is 9.15 Å². The second-order valence-electron chi connectivity index (χ2n) is 5.72. The summed E-state index contributed by atoms with van der Waals surface area (Å²) in [4.78, 5) is 12.1. The van der Waals surface area contributed by atoms with Crippen molar-refractivity contribution in [3.63, 3.8) is 0 Å². The summed E-state index contributed by atoms with van der Waals surface area (Å²) < 4.78 is 24.0. The molecule has 1 aromatic carbocycles. The SMILES string of the molecule is N#C/C(=C\c1ccc(-c2ccc(F)cc2)o1)C(=O)NC[C@@H]1CCCO1. The van der Waals surface area contributed by atoms with Crippen molar-refractivity contribution in [2.75, 3.05) is 13.2 Å². The van der Waals surface area contributed by atoms with Crippen LogP contribution in [0.3, 0.4) is 0 Å². The minimum Gasteiger partial charge on any atom is -0.457 e. The average Bonchev–Trinajstić information content (AvgIpc) is 3.30. The average molecular weight is 340 g/mol. The Bertz CT molecular complexity index is 812. The molecule has 2 heterocycles. The van der Waals surface area contributed by atoms with Gasteiger partial charge in [0, 0.05) is 24.8 Å². The van der Waals surface area contributed by atoms with E-state index >= 15 is 0 Å². The van der Waals surface area contributed by atoms with Crippen LogP contribution in [0.4, 0.5) is 4.39 Å². The smallest absolute Gasteiger partial charge is 0.262 e. The maximum Gasteiger partial charge on any atom is 0.262 e. The van der Waals surface area contributed by atoms with E-state index in [1.165, 1.54) is 18.2 Å². The molecule has 1 aliphatic rings. The lowest BCUT2D eigenvalue weighted by molar-refractivity contribution is -0.117. The number of carbonyl (C=O) groups is 1. The van der Waals surface area contributed by atoms with E-state index < -0.39 is 5.91 Å². The minimum absolute atomic E-state index is 0.0117. The summed E-state index contributed by atoms with van der Waals surface area (Å²) in [7, 11) is 0. The molecule has 6 heteroatoms. The first kappa shape index (κ1) is 16.9. The highest BCUT2D eigenvalue weighted by atomic mass is 19.1.